The van der Waals surface area contributed by atoms with Gasteiger partial charge in [-0.1, -0.05) is 0 Å². The lowest BCUT2D eigenvalue weighted by Gasteiger charge is -2.17. The summed E-state index contributed by atoms with van der Waals surface area (Å²) >= 11 is 5.06. The van der Waals surface area contributed by atoms with E-state index in [0.717, 1.165) is 20.7 Å². The van der Waals surface area contributed by atoms with E-state index >= 15 is 0 Å². The number of hydrogen-bond acceptors (Lipinski definition) is 5. The first-order valence-electron chi connectivity index (χ1n) is 5.66. The molecule has 1 aromatic heterocycles. The minimum absolute atomic E-state index is 0.317. The number of hydrogen-bond donors (Lipinski definition) is 1. The van der Waals surface area contributed by atoms with Crippen molar-refractivity contribution < 1.29 is 9.47 Å². The van der Waals surface area contributed by atoms with Crippen LogP contribution in [0.5, 0.6) is 11.5 Å². The summed E-state index contributed by atoms with van der Waals surface area (Å²) in [7, 11) is 3.23. The average molecular weight is 343 g/mol. The van der Waals surface area contributed by atoms with Crippen molar-refractivity contribution in [3.05, 3.63) is 38.3 Å². The Balaban J connectivity index is 2.47. The monoisotopic (exact) mass is 342 g/mol. The fourth-order valence-corrected chi connectivity index (χ4v) is 3.18. The summed E-state index contributed by atoms with van der Waals surface area (Å²) in [5.74, 6) is 1.39. The van der Waals surface area contributed by atoms with Crippen LogP contribution in [0.4, 0.5) is 0 Å². The molecule has 0 bridgehead atoms. The van der Waals surface area contributed by atoms with Gasteiger partial charge in [0, 0.05) is 10.9 Å². The number of aromatic nitrogens is 1. The van der Waals surface area contributed by atoms with Crippen molar-refractivity contribution in [1.82, 2.24) is 4.98 Å². The average Bonchev–Trinajstić information content (AvgIpc) is 2.84. The molecular formula is C13H15BrN2O2S. The molecule has 19 heavy (non-hydrogen) atoms. The summed E-state index contributed by atoms with van der Waals surface area (Å²) in [4.78, 5) is 4.43. The van der Waals surface area contributed by atoms with Crippen molar-refractivity contribution in [2.45, 2.75) is 13.0 Å². The maximum absolute atomic E-state index is 6.27. The molecule has 1 unspecified atom stereocenters. The highest BCUT2D eigenvalue weighted by molar-refractivity contribution is 9.10. The van der Waals surface area contributed by atoms with E-state index in [2.05, 4.69) is 20.9 Å². The molecule has 0 radical (unpaired) electrons. The maximum atomic E-state index is 6.27. The van der Waals surface area contributed by atoms with Crippen LogP contribution in [0, 0.1) is 6.92 Å². The molecule has 0 aliphatic carbocycles. The Labute approximate surface area is 124 Å². The molecule has 0 fully saturated rings. The molecule has 1 atom stereocenters. The highest BCUT2D eigenvalue weighted by atomic mass is 79.9. The fraction of sp³-hybridized carbons (Fsp3) is 0.308. The lowest BCUT2D eigenvalue weighted by Crippen LogP contribution is -2.14. The molecule has 6 heteroatoms. The van der Waals surface area contributed by atoms with Crippen LogP contribution in [-0.4, -0.2) is 19.2 Å². The first-order chi connectivity index (χ1) is 9.08. The van der Waals surface area contributed by atoms with Gasteiger partial charge >= 0.3 is 0 Å². The molecule has 102 valence electrons. The molecule has 0 aliphatic rings. The predicted molar refractivity (Wildman–Crippen MR) is 80.1 cm³/mol. The zero-order chi connectivity index (χ0) is 14.0. The van der Waals surface area contributed by atoms with Gasteiger partial charge in [0.2, 0.25) is 0 Å². The lowest BCUT2D eigenvalue weighted by atomic mass is 10.0. The van der Waals surface area contributed by atoms with Crippen molar-refractivity contribution >= 4 is 27.3 Å². The molecule has 1 heterocycles. The van der Waals surface area contributed by atoms with E-state index < -0.39 is 0 Å². The Morgan fingerprint density at radius 3 is 2.58 bits per heavy atom. The second-order valence-corrected chi connectivity index (χ2v) is 5.83. The zero-order valence-electron chi connectivity index (χ0n) is 10.9. The Hall–Kier alpha value is -1.11. The second-order valence-electron chi connectivity index (χ2n) is 3.97. The van der Waals surface area contributed by atoms with Crippen molar-refractivity contribution in [2.24, 2.45) is 5.73 Å². The standard InChI is InChI=1S/C13H15BrN2O2S/c1-7-16-9(6-19-7)12(15)8-4-5-10(17-2)11(14)13(8)18-3/h4-6,12H,15H2,1-3H3. The molecule has 0 amide bonds. The Kier molecular flexibility index (Phi) is 4.44. The van der Waals surface area contributed by atoms with Gasteiger partial charge < -0.3 is 15.2 Å². The quantitative estimate of drug-likeness (QED) is 0.926. The molecule has 0 saturated carbocycles. The molecule has 2 N–H and O–H groups in total. The van der Waals surface area contributed by atoms with Crippen LogP contribution in [0.3, 0.4) is 0 Å². The van der Waals surface area contributed by atoms with Crippen molar-refractivity contribution in [3.8, 4) is 11.5 Å². The number of methoxy groups -OCH3 is 2. The minimum Gasteiger partial charge on any atom is -0.495 e. The number of benzene rings is 1. The first-order valence-corrected chi connectivity index (χ1v) is 7.33. The van der Waals surface area contributed by atoms with E-state index in [1.54, 1.807) is 25.6 Å². The van der Waals surface area contributed by atoms with Gasteiger partial charge in [-0.15, -0.1) is 11.3 Å². The van der Waals surface area contributed by atoms with E-state index in [-0.39, 0.29) is 6.04 Å². The van der Waals surface area contributed by atoms with E-state index in [1.807, 2.05) is 24.4 Å². The molecule has 4 nitrogen and oxygen atoms in total. The predicted octanol–water partition coefficient (Wildman–Crippen LogP) is 3.28. The van der Waals surface area contributed by atoms with Crippen LogP contribution in [0.2, 0.25) is 0 Å². The largest absolute Gasteiger partial charge is 0.495 e. The molecule has 2 rings (SSSR count). The topological polar surface area (TPSA) is 57.4 Å². The van der Waals surface area contributed by atoms with Gasteiger partial charge in [-0.3, -0.25) is 0 Å². The van der Waals surface area contributed by atoms with E-state index in [1.165, 1.54) is 0 Å². The number of rotatable bonds is 4. The van der Waals surface area contributed by atoms with Gasteiger partial charge in [-0.25, -0.2) is 4.98 Å². The normalized spacial score (nSPS) is 12.3. The Bertz CT molecular complexity index is 586. The maximum Gasteiger partial charge on any atom is 0.141 e. The molecule has 1 aromatic carbocycles. The van der Waals surface area contributed by atoms with Gasteiger partial charge in [-0.05, 0) is 35.0 Å². The van der Waals surface area contributed by atoms with Crippen LogP contribution in [0.15, 0.2) is 22.0 Å². The number of nitrogens with zero attached hydrogens (tertiary/aromatic N) is 1. The van der Waals surface area contributed by atoms with Gasteiger partial charge in [0.05, 0.1) is 31.0 Å². The number of nitrogens with two attached hydrogens (primary N) is 1. The number of thiazole rings is 1. The summed E-state index contributed by atoms with van der Waals surface area (Å²) in [5, 5.41) is 2.97. The Morgan fingerprint density at radius 1 is 1.32 bits per heavy atom. The smallest absolute Gasteiger partial charge is 0.141 e. The zero-order valence-corrected chi connectivity index (χ0v) is 13.3. The van der Waals surface area contributed by atoms with Gasteiger partial charge in [0.25, 0.3) is 0 Å². The molecule has 2 aromatic rings. The van der Waals surface area contributed by atoms with Crippen LogP contribution >= 0.6 is 27.3 Å². The number of halogens is 1. The summed E-state index contributed by atoms with van der Waals surface area (Å²) in [6.45, 7) is 1.96. The molecule has 0 spiro atoms. The van der Waals surface area contributed by atoms with Gasteiger partial charge in [0.15, 0.2) is 0 Å². The third-order valence-corrected chi connectivity index (χ3v) is 4.35. The number of ether oxygens (including phenoxy) is 2. The lowest BCUT2D eigenvalue weighted by molar-refractivity contribution is 0.385. The summed E-state index contributed by atoms with van der Waals surface area (Å²) in [6.07, 6.45) is 0. The molecule has 0 aliphatic heterocycles. The SMILES string of the molecule is COc1ccc(C(N)c2csc(C)n2)c(OC)c1Br. The van der Waals surface area contributed by atoms with Gasteiger partial charge in [0.1, 0.15) is 16.0 Å². The number of aryl methyl sites for hydroxylation is 1. The molecule has 0 saturated heterocycles. The Morgan fingerprint density at radius 2 is 2.05 bits per heavy atom. The van der Waals surface area contributed by atoms with E-state index in [0.29, 0.717) is 11.5 Å². The highest BCUT2D eigenvalue weighted by Gasteiger charge is 2.20. The minimum atomic E-state index is -0.317. The van der Waals surface area contributed by atoms with Crippen molar-refractivity contribution in [3.63, 3.8) is 0 Å². The summed E-state index contributed by atoms with van der Waals surface area (Å²) in [6, 6.07) is 3.45. The van der Waals surface area contributed by atoms with E-state index in [9.17, 15) is 0 Å². The summed E-state index contributed by atoms with van der Waals surface area (Å²) < 4.78 is 11.4. The highest BCUT2D eigenvalue weighted by Crippen LogP contribution is 2.40. The van der Waals surface area contributed by atoms with Crippen LogP contribution in [-0.2, 0) is 0 Å². The van der Waals surface area contributed by atoms with Crippen LogP contribution in [0.1, 0.15) is 22.3 Å². The van der Waals surface area contributed by atoms with Crippen molar-refractivity contribution in [1.29, 1.82) is 0 Å². The fourth-order valence-electron chi connectivity index (χ4n) is 1.85. The molecular weight excluding hydrogens is 328 g/mol. The second kappa shape index (κ2) is 5.90. The van der Waals surface area contributed by atoms with E-state index in [4.69, 9.17) is 15.2 Å². The van der Waals surface area contributed by atoms with Crippen LogP contribution in [0.25, 0.3) is 0 Å². The van der Waals surface area contributed by atoms with Crippen molar-refractivity contribution in [2.75, 3.05) is 14.2 Å². The summed E-state index contributed by atoms with van der Waals surface area (Å²) in [5.41, 5.74) is 7.99. The van der Waals surface area contributed by atoms with Crippen LogP contribution < -0.4 is 15.2 Å². The van der Waals surface area contributed by atoms with Gasteiger partial charge in [-0.2, -0.15) is 0 Å². The third-order valence-electron chi connectivity index (χ3n) is 2.81. The third kappa shape index (κ3) is 2.75. The first kappa shape index (κ1) is 14.3.